The zero-order valence-electron chi connectivity index (χ0n) is 23.6. The molecule has 226 valence electrons. The molecular weight excluding hydrogens is 597 g/mol. The van der Waals surface area contributed by atoms with Crippen molar-refractivity contribution in [3.05, 3.63) is 131 Å². The lowest BCUT2D eigenvalue weighted by molar-refractivity contribution is -0.137. The van der Waals surface area contributed by atoms with E-state index in [0.29, 0.717) is 43.9 Å². The zero-order chi connectivity index (χ0) is 32.5. The third-order valence-electron chi connectivity index (χ3n) is 8.05. The molecule has 2 heterocycles. The van der Waals surface area contributed by atoms with Crippen LogP contribution < -0.4 is 21.3 Å². The molecule has 0 atom stereocenters. The number of hydrogen-bond donors (Lipinski definition) is 2. The standard InChI is InChI=1S/C35H21F3N4O4/c36-35(37,38)29-17-24(41-31(43)25-12-5-20(15-27(25)33(41)45)18-1-7-22(39)8-2-18)11-14-30(29)42-32(44)26-13-6-21(16-28(26)34(42)46)19-3-9-23(40)10-4-19/h1-17H,39-40H2. The molecule has 0 saturated carbocycles. The van der Waals surface area contributed by atoms with Crippen LogP contribution in [0.3, 0.4) is 0 Å². The lowest BCUT2D eigenvalue weighted by atomic mass is 10.00. The fraction of sp³-hybridized carbons (Fsp3) is 0.0286. The van der Waals surface area contributed by atoms with Crippen LogP contribution in [0, 0.1) is 0 Å². The highest BCUT2D eigenvalue weighted by Crippen LogP contribution is 2.43. The second-order valence-electron chi connectivity index (χ2n) is 10.9. The van der Waals surface area contributed by atoms with Gasteiger partial charge in [-0.05, 0) is 89.0 Å². The smallest absolute Gasteiger partial charge is 0.399 e. The number of nitrogens with two attached hydrogens (primary N) is 2. The number of anilines is 4. The third kappa shape index (κ3) is 4.48. The molecule has 11 heteroatoms. The van der Waals surface area contributed by atoms with Crippen molar-refractivity contribution in [2.75, 3.05) is 21.3 Å². The van der Waals surface area contributed by atoms with Gasteiger partial charge in [-0.1, -0.05) is 36.4 Å². The number of hydrogen-bond acceptors (Lipinski definition) is 6. The SMILES string of the molecule is Nc1ccc(-c2ccc3c(c2)C(=O)N(c2ccc(N4C(=O)c5ccc(-c6ccc(N)cc6)cc5C4=O)c(C(F)(F)F)c2)C3=O)cc1. The van der Waals surface area contributed by atoms with Gasteiger partial charge in [-0.15, -0.1) is 0 Å². The minimum absolute atomic E-state index is 0.0224. The van der Waals surface area contributed by atoms with Crippen LogP contribution in [0.5, 0.6) is 0 Å². The van der Waals surface area contributed by atoms with E-state index >= 15 is 0 Å². The molecule has 0 fully saturated rings. The maximum Gasteiger partial charge on any atom is 0.418 e. The fourth-order valence-electron chi connectivity index (χ4n) is 5.73. The van der Waals surface area contributed by atoms with E-state index in [1.165, 1.54) is 24.3 Å². The highest BCUT2D eigenvalue weighted by Gasteiger charge is 2.44. The summed E-state index contributed by atoms with van der Waals surface area (Å²) in [7, 11) is 0. The Balaban J connectivity index is 1.25. The summed E-state index contributed by atoms with van der Waals surface area (Å²) in [5.41, 5.74) is 12.6. The van der Waals surface area contributed by atoms with Crippen molar-refractivity contribution in [1.29, 1.82) is 0 Å². The lowest BCUT2D eigenvalue weighted by Crippen LogP contribution is -2.33. The minimum atomic E-state index is -5.06. The lowest BCUT2D eigenvalue weighted by Gasteiger charge is -2.22. The Kier molecular flexibility index (Phi) is 6.30. The van der Waals surface area contributed by atoms with E-state index in [9.17, 15) is 32.3 Å². The van der Waals surface area contributed by atoms with Crippen LogP contribution in [0.4, 0.5) is 35.9 Å². The highest BCUT2D eigenvalue weighted by atomic mass is 19.4. The number of carbonyl (C=O) groups is 4. The zero-order valence-corrected chi connectivity index (χ0v) is 23.6. The summed E-state index contributed by atoms with van der Waals surface area (Å²) in [6.45, 7) is 0. The molecule has 5 aromatic carbocycles. The van der Waals surface area contributed by atoms with Crippen molar-refractivity contribution in [1.82, 2.24) is 0 Å². The topological polar surface area (TPSA) is 127 Å². The molecule has 7 rings (SSSR count). The van der Waals surface area contributed by atoms with Crippen molar-refractivity contribution in [2.45, 2.75) is 6.18 Å². The predicted molar refractivity (Wildman–Crippen MR) is 166 cm³/mol. The summed E-state index contributed by atoms with van der Waals surface area (Å²) in [6, 6.07) is 25.2. The summed E-state index contributed by atoms with van der Waals surface area (Å²) in [6.07, 6.45) is -5.06. The van der Waals surface area contributed by atoms with Crippen LogP contribution in [0.1, 0.15) is 47.0 Å². The molecule has 0 bridgehead atoms. The molecule has 0 saturated heterocycles. The van der Waals surface area contributed by atoms with Gasteiger partial charge in [-0.2, -0.15) is 13.2 Å². The summed E-state index contributed by atoms with van der Waals surface area (Å²) >= 11 is 0. The Hall–Kier alpha value is -6.23. The van der Waals surface area contributed by atoms with Gasteiger partial charge in [0.2, 0.25) is 0 Å². The summed E-state index contributed by atoms with van der Waals surface area (Å²) in [5, 5.41) is 0. The van der Waals surface area contributed by atoms with Gasteiger partial charge in [-0.25, -0.2) is 9.80 Å². The van der Waals surface area contributed by atoms with Gasteiger partial charge in [0.25, 0.3) is 23.6 Å². The Morgan fingerprint density at radius 3 is 1.35 bits per heavy atom. The van der Waals surface area contributed by atoms with Crippen molar-refractivity contribution in [3.8, 4) is 22.3 Å². The van der Waals surface area contributed by atoms with Crippen LogP contribution in [0.25, 0.3) is 22.3 Å². The first-order chi connectivity index (χ1) is 21.9. The van der Waals surface area contributed by atoms with Gasteiger partial charge in [0.1, 0.15) is 0 Å². The van der Waals surface area contributed by atoms with Crippen LogP contribution >= 0.6 is 0 Å². The van der Waals surface area contributed by atoms with Gasteiger partial charge < -0.3 is 11.5 Å². The molecule has 0 aromatic heterocycles. The first-order valence-electron chi connectivity index (χ1n) is 13.9. The molecule has 2 aliphatic heterocycles. The molecule has 0 unspecified atom stereocenters. The average molecular weight is 619 g/mol. The van der Waals surface area contributed by atoms with Crippen molar-refractivity contribution < 1.29 is 32.3 Å². The maximum atomic E-state index is 14.5. The van der Waals surface area contributed by atoms with E-state index in [1.54, 1.807) is 60.7 Å². The van der Waals surface area contributed by atoms with Crippen molar-refractivity contribution in [2.24, 2.45) is 0 Å². The fourth-order valence-corrected chi connectivity index (χ4v) is 5.73. The van der Waals surface area contributed by atoms with Crippen LogP contribution in [0.15, 0.2) is 103 Å². The van der Waals surface area contributed by atoms with E-state index < -0.39 is 41.1 Å². The van der Waals surface area contributed by atoms with E-state index in [1.807, 2.05) is 0 Å². The number of rotatable bonds is 4. The summed E-state index contributed by atoms with van der Waals surface area (Å²) in [4.78, 5) is 54.7. The Morgan fingerprint density at radius 1 is 0.457 bits per heavy atom. The molecule has 5 aromatic rings. The molecule has 4 N–H and O–H groups in total. The summed E-state index contributed by atoms with van der Waals surface area (Å²) < 4.78 is 43.6. The van der Waals surface area contributed by atoms with Gasteiger partial charge in [0, 0.05) is 11.4 Å². The third-order valence-corrected chi connectivity index (χ3v) is 8.05. The van der Waals surface area contributed by atoms with Crippen molar-refractivity contribution in [3.63, 3.8) is 0 Å². The van der Waals surface area contributed by atoms with E-state index in [4.69, 9.17) is 11.5 Å². The quantitative estimate of drug-likeness (QED) is 0.168. The number of fused-ring (bicyclic) bond motifs is 2. The number of imide groups is 2. The predicted octanol–water partition coefficient (Wildman–Crippen LogP) is 6.81. The summed E-state index contributed by atoms with van der Waals surface area (Å²) in [5.74, 6) is -3.49. The molecule has 0 spiro atoms. The number of nitrogens with zero attached hydrogens (tertiary/aromatic N) is 2. The Labute approximate surface area is 259 Å². The number of amides is 4. The van der Waals surface area contributed by atoms with Gasteiger partial charge in [-0.3, -0.25) is 19.2 Å². The van der Waals surface area contributed by atoms with E-state index in [0.717, 1.165) is 17.7 Å². The highest BCUT2D eigenvalue weighted by molar-refractivity contribution is 6.36. The molecule has 8 nitrogen and oxygen atoms in total. The largest absolute Gasteiger partial charge is 0.418 e. The molecule has 0 radical (unpaired) electrons. The maximum absolute atomic E-state index is 14.5. The molecule has 46 heavy (non-hydrogen) atoms. The number of nitrogen functional groups attached to an aromatic ring is 2. The average Bonchev–Trinajstić information content (AvgIpc) is 3.44. The molecule has 2 aliphatic rings. The first kappa shape index (κ1) is 28.5. The van der Waals surface area contributed by atoms with Crippen LogP contribution in [-0.4, -0.2) is 23.6 Å². The van der Waals surface area contributed by atoms with Gasteiger partial charge in [0.15, 0.2) is 0 Å². The normalized spacial score (nSPS) is 14.2. The van der Waals surface area contributed by atoms with Crippen LogP contribution in [-0.2, 0) is 6.18 Å². The Morgan fingerprint density at radius 2 is 0.870 bits per heavy atom. The number of carbonyl (C=O) groups excluding carboxylic acids is 4. The molecular formula is C35H21F3N4O4. The minimum Gasteiger partial charge on any atom is -0.399 e. The molecule has 0 aliphatic carbocycles. The van der Waals surface area contributed by atoms with Gasteiger partial charge >= 0.3 is 6.18 Å². The van der Waals surface area contributed by atoms with Crippen molar-refractivity contribution >= 4 is 46.4 Å². The number of alkyl halides is 3. The van der Waals surface area contributed by atoms with Crippen LogP contribution in [0.2, 0.25) is 0 Å². The van der Waals surface area contributed by atoms with E-state index in [2.05, 4.69) is 0 Å². The second-order valence-corrected chi connectivity index (χ2v) is 10.9. The monoisotopic (exact) mass is 618 g/mol. The van der Waals surface area contributed by atoms with E-state index in [-0.39, 0.29) is 27.9 Å². The first-order valence-corrected chi connectivity index (χ1v) is 13.9. The number of halogens is 3. The number of benzene rings is 5. The molecule has 4 amide bonds. The van der Waals surface area contributed by atoms with Gasteiger partial charge in [0.05, 0.1) is 39.2 Å². The second kappa shape index (κ2) is 10.2. The Bertz CT molecular complexity index is 2140.